The molecule has 0 unspecified atom stereocenters. The number of carbonyl (C=O) groups excluding carboxylic acids is 3. The predicted octanol–water partition coefficient (Wildman–Crippen LogP) is 3.50. The van der Waals surface area contributed by atoms with Crippen LogP contribution in [-0.4, -0.2) is 52.3 Å². The molecule has 8 nitrogen and oxygen atoms in total. The van der Waals surface area contributed by atoms with Gasteiger partial charge in [0, 0.05) is 29.5 Å². The summed E-state index contributed by atoms with van der Waals surface area (Å²) in [7, 11) is 1.33. The van der Waals surface area contributed by atoms with E-state index in [1.54, 1.807) is 12.1 Å². The molecular formula is C22H21N3O5S. The second kappa shape index (κ2) is 9.30. The maximum absolute atomic E-state index is 12.9. The number of thioether (sulfide) groups is 1. The molecule has 2 heterocycles. The number of aromatic nitrogens is 2. The second-order valence-electron chi connectivity index (χ2n) is 7.11. The average Bonchev–Trinajstić information content (AvgIpc) is 3.25. The van der Waals surface area contributed by atoms with Gasteiger partial charge in [-0.15, -0.1) is 10.2 Å². The minimum absolute atomic E-state index is 0.118. The fourth-order valence-electron chi connectivity index (χ4n) is 3.58. The Bertz CT molecular complexity index is 1090. The van der Waals surface area contributed by atoms with Gasteiger partial charge >= 0.3 is 5.97 Å². The molecular weight excluding hydrogens is 418 g/mol. The quantitative estimate of drug-likeness (QED) is 0.216. The maximum Gasteiger partial charge on any atom is 0.316 e. The lowest BCUT2D eigenvalue weighted by atomic mass is 9.94. The Morgan fingerprint density at radius 2 is 1.74 bits per heavy atom. The molecule has 4 rings (SSSR count). The lowest BCUT2D eigenvalue weighted by Gasteiger charge is -2.27. The molecule has 9 heteroatoms. The van der Waals surface area contributed by atoms with Crippen molar-refractivity contribution in [3.8, 4) is 0 Å². The van der Waals surface area contributed by atoms with Crippen LogP contribution in [0.2, 0.25) is 0 Å². The van der Waals surface area contributed by atoms with Gasteiger partial charge in [0.15, 0.2) is 0 Å². The summed E-state index contributed by atoms with van der Waals surface area (Å²) in [5.74, 6) is -0.215. The molecule has 0 aliphatic carbocycles. The number of unbranched alkanes of at least 4 members (excludes halogenated alkanes) is 2. The number of aryl methyl sites for hydroxylation is 1. The monoisotopic (exact) mass is 439 g/mol. The molecule has 2 aromatic carbocycles. The van der Waals surface area contributed by atoms with Crippen molar-refractivity contribution < 1.29 is 23.5 Å². The van der Waals surface area contributed by atoms with Crippen LogP contribution in [0.15, 0.2) is 46.0 Å². The van der Waals surface area contributed by atoms with Crippen molar-refractivity contribution in [2.75, 3.05) is 19.4 Å². The Kier molecular flexibility index (Phi) is 6.31. The fraction of sp³-hybridized carbons (Fsp3) is 0.318. The van der Waals surface area contributed by atoms with Crippen LogP contribution in [-0.2, 0) is 16.0 Å². The Morgan fingerprint density at radius 3 is 2.42 bits per heavy atom. The highest BCUT2D eigenvalue weighted by molar-refractivity contribution is 7.99. The molecule has 0 saturated carbocycles. The zero-order valence-corrected chi connectivity index (χ0v) is 17.8. The van der Waals surface area contributed by atoms with Gasteiger partial charge in [-0.25, -0.2) is 0 Å². The average molecular weight is 439 g/mol. The van der Waals surface area contributed by atoms with E-state index >= 15 is 0 Å². The maximum atomic E-state index is 12.9. The van der Waals surface area contributed by atoms with Crippen molar-refractivity contribution in [2.24, 2.45) is 0 Å². The van der Waals surface area contributed by atoms with E-state index in [9.17, 15) is 14.4 Å². The Labute approximate surface area is 182 Å². The lowest BCUT2D eigenvalue weighted by Crippen LogP contribution is -2.40. The van der Waals surface area contributed by atoms with Crippen molar-refractivity contribution in [3.05, 3.63) is 53.4 Å². The van der Waals surface area contributed by atoms with E-state index in [1.165, 1.54) is 12.0 Å². The van der Waals surface area contributed by atoms with E-state index in [-0.39, 0.29) is 23.5 Å². The zero-order valence-electron chi connectivity index (χ0n) is 17.0. The number of carbonyl (C=O) groups is 3. The summed E-state index contributed by atoms with van der Waals surface area (Å²) in [4.78, 5) is 38.2. The summed E-state index contributed by atoms with van der Waals surface area (Å²) in [5.41, 5.74) is 1.16. The predicted molar refractivity (Wildman–Crippen MR) is 114 cm³/mol. The van der Waals surface area contributed by atoms with Crippen LogP contribution in [0.25, 0.3) is 10.8 Å². The van der Waals surface area contributed by atoms with E-state index in [2.05, 4.69) is 14.9 Å². The molecule has 1 aromatic heterocycles. The summed E-state index contributed by atoms with van der Waals surface area (Å²) in [6, 6.07) is 11.1. The van der Waals surface area contributed by atoms with E-state index in [0.29, 0.717) is 41.6 Å². The number of rotatable bonds is 9. The van der Waals surface area contributed by atoms with E-state index < -0.39 is 0 Å². The minimum Gasteiger partial charge on any atom is -0.468 e. The molecule has 0 radical (unpaired) electrons. The number of nitrogens with zero attached hydrogens (tertiary/aromatic N) is 3. The van der Waals surface area contributed by atoms with Crippen molar-refractivity contribution in [3.63, 3.8) is 0 Å². The molecule has 0 fully saturated rings. The summed E-state index contributed by atoms with van der Waals surface area (Å²) in [6.45, 7) is 0.368. The van der Waals surface area contributed by atoms with E-state index in [1.807, 2.05) is 24.3 Å². The molecule has 0 saturated heterocycles. The fourth-order valence-corrected chi connectivity index (χ4v) is 4.20. The van der Waals surface area contributed by atoms with Crippen LogP contribution in [0.4, 0.5) is 0 Å². The third kappa shape index (κ3) is 4.46. The molecule has 31 heavy (non-hydrogen) atoms. The second-order valence-corrected chi connectivity index (χ2v) is 8.03. The van der Waals surface area contributed by atoms with Gasteiger partial charge in [-0.05, 0) is 30.4 Å². The molecule has 1 aliphatic rings. The zero-order chi connectivity index (χ0) is 21.8. The highest BCUT2D eigenvalue weighted by atomic mass is 32.2. The molecule has 0 spiro atoms. The Balaban J connectivity index is 1.28. The topological polar surface area (TPSA) is 103 Å². The minimum atomic E-state index is -0.356. The molecule has 160 valence electrons. The number of benzene rings is 2. The molecule has 3 aromatic rings. The number of hydrogen-bond donors (Lipinski definition) is 0. The Morgan fingerprint density at radius 1 is 1.03 bits per heavy atom. The summed E-state index contributed by atoms with van der Waals surface area (Å²) in [6.07, 6.45) is 2.87. The first-order chi connectivity index (χ1) is 15.1. The highest BCUT2D eigenvalue weighted by Gasteiger charge is 2.32. The number of hydrogen-bond acceptors (Lipinski definition) is 8. The van der Waals surface area contributed by atoms with Gasteiger partial charge in [0.1, 0.15) is 5.75 Å². The standard InChI is InChI=1S/C22H21N3O5S/c1-29-18(26)13-31-22-24-23-17(30-22)11-3-2-4-12-25-20(27)15-9-5-7-14-8-6-10-16(19(14)15)21(25)28/h5-10H,2-4,11-13H2,1H3. The van der Waals surface area contributed by atoms with E-state index in [4.69, 9.17) is 4.42 Å². The van der Waals surface area contributed by atoms with Crippen LogP contribution in [0, 0.1) is 0 Å². The summed E-state index contributed by atoms with van der Waals surface area (Å²) < 4.78 is 10.1. The van der Waals surface area contributed by atoms with Gasteiger partial charge in [-0.3, -0.25) is 19.3 Å². The van der Waals surface area contributed by atoms with Crippen LogP contribution >= 0.6 is 11.8 Å². The van der Waals surface area contributed by atoms with Gasteiger partial charge < -0.3 is 9.15 Å². The van der Waals surface area contributed by atoms with Gasteiger partial charge in [0.25, 0.3) is 17.0 Å². The molecule has 2 amide bonds. The number of imide groups is 1. The van der Waals surface area contributed by atoms with Gasteiger partial charge in [-0.2, -0.15) is 0 Å². The van der Waals surface area contributed by atoms with Crippen molar-refractivity contribution >= 4 is 40.3 Å². The van der Waals surface area contributed by atoms with Gasteiger partial charge in [0.05, 0.1) is 7.11 Å². The van der Waals surface area contributed by atoms with Crippen molar-refractivity contribution in [1.82, 2.24) is 15.1 Å². The molecule has 0 atom stereocenters. The Hall–Kier alpha value is -3.20. The SMILES string of the molecule is COC(=O)CSc1nnc(CCCCCN2C(=O)c3cccc4cccc(c34)C2=O)o1. The van der Waals surface area contributed by atoms with E-state index in [0.717, 1.165) is 35.4 Å². The van der Waals surface area contributed by atoms with Crippen LogP contribution in [0.1, 0.15) is 45.9 Å². The normalized spacial score (nSPS) is 13.1. The number of ether oxygens (including phenoxy) is 1. The van der Waals surface area contributed by atoms with Crippen LogP contribution in [0.5, 0.6) is 0 Å². The third-order valence-electron chi connectivity index (χ3n) is 5.12. The molecule has 1 aliphatic heterocycles. The molecule has 0 bridgehead atoms. The summed E-state index contributed by atoms with van der Waals surface area (Å²) >= 11 is 1.13. The highest BCUT2D eigenvalue weighted by Crippen LogP contribution is 2.30. The number of methoxy groups -OCH3 is 1. The number of amides is 2. The van der Waals surface area contributed by atoms with Crippen molar-refractivity contribution in [2.45, 2.75) is 30.9 Å². The largest absolute Gasteiger partial charge is 0.468 e. The first-order valence-electron chi connectivity index (χ1n) is 9.98. The van der Waals surface area contributed by atoms with Gasteiger partial charge in [-0.1, -0.05) is 42.4 Å². The smallest absolute Gasteiger partial charge is 0.316 e. The first-order valence-corrected chi connectivity index (χ1v) is 11.0. The third-order valence-corrected chi connectivity index (χ3v) is 5.91. The van der Waals surface area contributed by atoms with Crippen molar-refractivity contribution in [1.29, 1.82) is 0 Å². The first kappa shape index (κ1) is 21.0. The van der Waals surface area contributed by atoms with Crippen LogP contribution < -0.4 is 0 Å². The number of esters is 1. The lowest BCUT2D eigenvalue weighted by molar-refractivity contribution is -0.137. The van der Waals surface area contributed by atoms with Crippen LogP contribution in [0.3, 0.4) is 0 Å². The summed E-state index contributed by atoms with van der Waals surface area (Å²) in [5, 5.41) is 9.84. The molecule has 0 N–H and O–H groups in total. The van der Waals surface area contributed by atoms with Gasteiger partial charge in [0.2, 0.25) is 5.89 Å².